The third-order valence-corrected chi connectivity index (χ3v) is 9.47. The SMILES string of the molecule is CCCCC/C=C\C/C=C\CCCCCCCCOCC(CCN(C)CCCN(C)C)OCCCCCCCC/C=C\C/C=C\CCCCC. The molecule has 0 spiro atoms. The Morgan fingerprint density at radius 2 is 0.880 bits per heavy atom. The first-order valence-corrected chi connectivity index (χ1v) is 21.7. The fourth-order valence-corrected chi connectivity index (χ4v) is 6.10. The normalized spacial score (nSPS) is 13.2. The van der Waals surface area contributed by atoms with Crippen molar-refractivity contribution in [3.05, 3.63) is 48.6 Å². The van der Waals surface area contributed by atoms with Gasteiger partial charge in [-0.25, -0.2) is 0 Å². The Balaban J connectivity index is 3.99. The first kappa shape index (κ1) is 48.8. The van der Waals surface area contributed by atoms with Crippen molar-refractivity contribution in [2.24, 2.45) is 0 Å². The first-order chi connectivity index (χ1) is 24.6. The van der Waals surface area contributed by atoms with E-state index in [1.165, 1.54) is 148 Å². The van der Waals surface area contributed by atoms with Crippen LogP contribution >= 0.6 is 0 Å². The number of hydrogen-bond donors (Lipinski definition) is 0. The van der Waals surface area contributed by atoms with Crippen molar-refractivity contribution in [1.82, 2.24) is 9.80 Å². The van der Waals surface area contributed by atoms with E-state index in [2.05, 4.69) is 93.4 Å². The smallest absolute Gasteiger partial charge is 0.0820 e. The van der Waals surface area contributed by atoms with Gasteiger partial charge in [-0.2, -0.15) is 0 Å². The monoisotopic (exact) mass is 701 g/mol. The summed E-state index contributed by atoms with van der Waals surface area (Å²) >= 11 is 0. The fraction of sp³-hybridized carbons (Fsp3) is 0.826. The summed E-state index contributed by atoms with van der Waals surface area (Å²) in [6.45, 7) is 10.4. The van der Waals surface area contributed by atoms with E-state index in [0.717, 1.165) is 58.7 Å². The van der Waals surface area contributed by atoms with Gasteiger partial charge in [0.1, 0.15) is 0 Å². The van der Waals surface area contributed by atoms with Gasteiger partial charge in [0.15, 0.2) is 0 Å². The van der Waals surface area contributed by atoms with Gasteiger partial charge >= 0.3 is 0 Å². The minimum Gasteiger partial charge on any atom is -0.379 e. The first-order valence-electron chi connectivity index (χ1n) is 21.7. The van der Waals surface area contributed by atoms with E-state index in [1.807, 2.05) is 0 Å². The lowest BCUT2D eigenvalue weighted by molar-refractivity contribution is -0.0255. The molecule has 0 saturated carbocycles. The van der Waals surface area contributed by atoms with Gasteiger partial charge in [0.05, 0.1) is 12.7 Å². The molecular formula is C46H88N2O2. The molecule has 0 fully saturated rings. The number of ether oxygens (including phenoxy) is 2. The Hall–Kier alpha value is -1.20. The van der Waals surface area contributed by atoms with Crippen molar-refractivity contribution < 1.29 is 9.47 Å². The lowest BCUT2D eigenvalue weighted by atomic mass is 10.1. The van der Waals surface area contributed by atoms with Crippen LogP contribution in [0.3, 0.4) is 0 Å². The molecule has 0 heterocycles. The Kier molecular flexibility index (Phi) is 41.2. The summed E-state index contributed by atoms with van der Waals surface area (Å²) in [5.41, 5.74) is 0. The average Bonchev–Trinajstić information content (AvgIpc) is 3.10. The summed E-state index contributed by atoms with van der Waals surface area (Å²) in [6.07, 6.45) is 52.1. The molecule has 0 aliphatic rings. The molecule has 0 aromatic carbocycles. The molecule has 0 bridgehead atoms. The van der Waals surface area contributed by atoms with E-state index in [4.69, 9.17) is 9.47 Å². The Bertz CT molecular complexity index is 759. The third-order valence-electron chi connectivity index (χ3n) is 9.47. The van der Waals surface area contributed by atoms with Crippen molar-refractivity contribution in [2.45, 2.75) is 187 Å². The maximum Gasteiger partial charge on any atom is 0.0820 e. The highest BCUT2D eigenvalue weighted by Gasteiger charge is 2.11. The molecular weight excluding hydrogens is 613 g/mol. The predicted molar refractivity (Wildman–Crippen MR) is 225 cm³/mol. The lowest BCUT2D eigenvalue weighted by Crippen LogP contribution is -2.30. The maximum absolute atomic E-state index is 6.40. The Morgan fingerprint density at radius 1 is 0.440 bits per heavy atom. The van der Waals surface area contributed by atoms with Crippen LogP contribution in [0.15, 0.2) is 48.6 Å². The van der Waals surface area contributed by atoms with Gasteiger partial charge in [-0.3, -0.25) is 0 Å². The van der Waals surface area contributed by atoms with Crippen LogP contribution in [0.5, 0.6) is 0 Å². The van der Waals surface area contributed by atoms with Crippen LogP contribution in [-0.2, 0) is 9.47 Å². The average molecular weight is 701 g/mol. The predicted octanol–water partition coefficient (Wildman–Crippen LogP) is 13.3. The molecule has 0 N–H and O–H groups in total. The van der Waals surface area contributed by atoms with Crippen LogP contribution in [0.1, 0.15) is 181 Å². The van der Waals surface area contributed by atoms with Crippen LogP contribution in [0.25, 0.3) is 0 Å². The summed E-state index contributed by atoms with van der Waals surface area (Å²) in [5.74, 6) is 0. The zero-order valence-corrected chi connectivity index (χ0v) is 34.5. The molecule has 0 saturated heterocycles. The highest BCUT2D eigenvalue weighted by atomic mass is 16.5. The van der Waals surface area contributed by atoms with Crippen LogP contribution in [-0.4, -0.2) is 76.5 Å². The standard InChI is InChI=1S/C46H88N2O2/c1-6-8-10-12-14-16-18-20-22-24-26-28-30-32-34-36-43-49-45-46(39-42-48(5)41-38-40-47(3)4)50-44-37-35-33-31-29-27-25-23-21-19-17-15-13-11-9-7-2/h14-17,20-23,46H,6-13,18-19,24-45H2,1-5H3/b16-14-,17-15-,22-20-,23-21-. The molecule has 4 nitrogen and oxygen atoms in total. The summed E-state index contributed by atoms with van der Waals surface area (Å²) in [7, 11) is 6.56. The zero-order chi connectivity index (χ0) is 36.4. The second kappa shape index (κ2) is 42.2. The molecule has 1 atom stereocenters. The summed E-state index contributed by atoms with van der Waals surface area (Å²) in [6, 6.07) is 0. The highest BCUT2D eigenvalue weighted by Crippen LogP contribution is 2.12. The van der Waals surface area contributed by atoms with Crippen LogP contribution < -0.4 is 0 Å². The van der Waals surface area contributed by atoms with Crippen molar-refractivity contribution in [1.29, 1.82) is 0 Å². The van der Waals surface area contributed by atoms with E-state index in [1.54, 1.807) is 0 Å². The molecule has 50 heavy (non-hydrogen) atoms. The van der Waals surface area contributed by atoms with E-state index in [-0.39, 0.29) is 6.10 Å². The topological polar surface area (TPSA) is 24.9 Å². The second-order valence-corrected chi connectivity index (χ2v) is 15.0. The van der Waals surface area contributed by atoms with Gasteiger partial charge < -0.3 is 19.3 Å². The Morgan fingerprint density at radius 3 is 1.36 bits per heavy atom. The molecule has 0 amide bonds. The van der Waals surface area contributed by atoms with Gasteiger partial charge in [-0.15, -0.1) is 0 Å². The summed E-state index contributed by atoms with van der Waals surface area (Å²) in [4.78, 5) is 4.73. The summed E-state index contributed by atoms with van der Waals surface area (Å²) < 4.78 is 12.6. The number of nitrogens with zero attached hydrogens (tertiary/aromatic N) is 2. The number of rotatable bonds is 40. The van der Waals surface area contributed by atoms with E-state index < -0.39 is 0 Å². The third kappa shape index (κ3) is 41.2. The highest BCUT2D eigenvalue weighted by molar-refractivity contribution is 4.93. The molecule has 0 aromatic heterocycles. The zero-order valence-electron chi connectivity index (χ0n) is 34.5. The van der Waals surface area contributed by atoms with Crippen molar-refractivity contribution in [3.8, 4) is 0 Å². The molecule has 0 aromatic rings. The molecule has 0 aliphatic heterocycles. The van der Waals surface area contributed by atoms with Crippen molar-refractivity contribution >= 4 is 0 Å². The molecule has 0 aliphatic carbocycles. The number of hydrogen-bond acceptors (Lipinski definition) is 4. The maximum atomic E-state index is 6.40. The summed E-state index contributed by atoms with van der Waals surface area (Å²) in [5, 5.41) is 0. The Labute approximate surface area is 314 Å². The van der Waals surface area contributed by atoms with Crippen LogP contribution in [0.4, 0.5) is 0 Å². The van der Waals surface area contributed by atoms with E-state index in [0.29, 0.717) is 0 Å². The number of unbranched alkanes of at least 4 members (excludes halogenated alkanes) is 18. The largest absolute Gasteiger partial charge is 0.379 e. The second-order valence-electron chi connectivity index (χ2n) is 15.0. The van der Waals surface area contributed by atoms with Crippen molar-refractivity contribution in [3.63, 3.8) is 0 Å². The molecule has 0 rings (SSSR count). The van der Waals surface area contributed by atoms with Crippen LogP contribution in [0.2, 0.25) is 0 Å². The molecule has 4 heteroatoms. The lowest BCUT2D eigenvalue weighted by Gasteiger charge is -2.23. The molecule has 0 radical (unpaired) electrons. The van der Waals surface area contributed by atoms with Crippen LogP contribution in [0, 0.1) is 0 Å². The van der Waals surface area contributed by atoms with Gasteiger partial charge in [0.25, 0.3) is 0 Å². The van der Waals surface area contributed by atoms with Crippen molar-refractivity contribution in [2.75, 3.05) is 60.6 Å². The molecule has 294 valence electrons. The van der Waals surface area contributed by atoms with Gasteiger partial charge in [-0.1, -0.05) is 140 Å². The number of allylic oxidation sites excluding steroid dienone is 8. The van der Waals surface area contributed by atoms with E-state index >= 15 is 0 Å². The van der Waals surface area contributed by atoms with Gasteiger partial charge in [-0.05, 0) is 124 Å². The molecule has 1 unspecified atom stereocenters. The fourth-order valence-electron chi connectivity index (χ4n) is 6.10. The minimum absolute atomic E-state index is 0.217. The van der Waals surface area contributed by atoms with E-state index in [9.17, 15) is 0 Å². The quantitative estimate of drug-likeness (QED) is 0.0469. The van der Waals surface area contributed by atoms with Gasteiger partial charge in [0.2, 0.25) is 0 Å². The van der Waals surface area contributed by atoms with Gasteiger partial charge in [0, 0.05) is 19.8 Å². The minimum atomic E-state index is 0.217.